The minimum Gasteiger partial charge on any atom is -0.492 e. The van der Waals surface area contributed by atoms with Gasteiger partial charge in [0.05, 0.1) is 12.1 Å². The number of para-hydroxylation sites is 1. The van der Waals surface area contributed by atoms with Gasteiger partial charge >= 0.3 is 0 Å². The van der Waals surface area contributed by atoms with E-state index in [9.17, 15) is 0 Å². The van der Waals surface area contributed by atoms with Crippen molar-refractivity contribution in [3.8, 4) is 5.75 Å². The first kappa shape index (κ1) is 14.9. The Balaban J connectivity index is 1.74. The van der Waals surface area contributed by atoms with Crippen LogP contribution < -0.4 is 10.1 Å². The van der Waals surface area contributed by atoms with E-state index in [2.05, 4.69) is 48.5 Å². The summed E-state index contributed by atoms with van der Waals surface area (Å²) in [6.07, 6.45) is 5.64. The summed E-state index contributed by atoms with van der Waals surface area (Å²) in [6, 6.07) is 9.29. The molecule has 1 aliphatic heterocycles. The molecule has 1 N–H and O–H groups in total. The summed E-state index contributed by atoms with van der Waals surface area (Å²) in [5.41, 5.74) is 1.31. The smallest absolute Gasteiger partial charge is 0.124 e. The molecular weight excluding hydrogens is 260 g/mol. The van der Waals surface area contributed by atoms with Crippen LogP contribution in [0.2, 0.25) is 0 Å². The monoisotopic (exact) mass is 288 g/mol. The van der Waals surface area contributed by atoms with Crippen molar-refractivity contribution in [3.63, 3.8) is 0 Å². The van der Waals surface area contributed by atoms with Gasteiger partial charge in [0, 0.05) is 12.1 Å². The van der Waals surface area contributed by atoms with Crippen molar-refractivity contribution in [2.75, 3.05) is 26.7 Å². The highest BCUT2D eigenvalue weighted by Gasteiger charge is 2.33. The molecule has 2 atom stereocenters. The highest BCUT2D eigenvalue weighted by Crippen LogP contribution is 2.35. The van der Waals surface area contributed by atoms with Crippen LogP contribution in [0.5, 0.6) is 5.75 Å². The predicted molar refractivity (Wildman–Crippen MR) is 86.7 cm³/mol. The molecule has 21 heavy (non-hydrogen) atoms. The van der Waals surface area contributed by atoms with Gasteiger partial charge < -0.3 is 10.1 Å². The minimum absolute atomic E-state index is 0.381. The third kappa shape index (κ3) is 3.24. The van der Waals surface area contributed by atoms with Gasteiger partial charge in [-0.05, 0) is 38.4 Å². The van der Waals surface area contributed by atoms with Gasteiger partial charge in [-0.15, -0.1) is 0 Å². The second kappa shape index (κ2) is 6.80. The van der Waals surface area contributed by atoms with Gasteiger partial charge in [0.15, 0.2) is 0 Å². The van der Waals surface area contributed by atoms with Crippen molar-refractivity contribution in [1.82, 2.24) is 10.2 Å². The Hall–Kier alpha value is -1.06. The molecule has 3 nitrogen and oxygen atoms in total. The normalized spacial score (nSPS) is 25.9. The molecule has 1 aromatic rings. The third-order valence-electron chi connectivity index (χ3n) is 5.06. The second-order valence-corrected chi connectivity index (χ2v) is 6.54. The first-order chi connectivity index (χ1) is 10.3. The molecule has 0 radical (unpaired) electrons. The van der Waals surface area contributed by atoms with Gasteiger partial charge in [0.1, 0.15) is 12.4 Å². The lowest BCUT2D eigenvalue weighted by Crippen LogP contribution is -2.49. The summed E-state index contributed by atoms with van der Waals surface area (Å²) in [5, 5.41) is 3.67. The lowest BCUT2D eigenvalue weighted by molar-refractivity contribution is 0.0946. The molecule has 1 saturated carbocycles. The molecule has 1 aliphatic carbocycles. The predicted octanol–water partition coefficient (Wildman–Crippen LogP) is 3.22. The topological polar surface area (TPSA) is 24.5 Å². The Morgan fingerprint density at radius 2 is 2.00 bits per heavy atom. The maximum atomic E-state index is 6.02. The average Bonchev–Trinajstić information content (AvgIpc) is 3.00. The molecule has 116 valence electrons. The van der Waals surface area contributed by atoms with Crippen LogP contribution in [0.4, 0.5) is 0 Å². The van der Waals surface area contributed by atoms with Crippen LogP contribution in [-0.4, -0.2) is 37.7 Å². The molecular formula is C18H28N2O. The van der Waals surface area contributed by atoms with Crippen LogP contribution in [0.15, 0.2) is 24.3 Å². The largest absolute Gasteiger partial charge is 0.492 e. The summed E-state index contributed by atoms with van der Waals surface area (Å²) >= 11 is 0. The highest BCUT2D eigenvalue weighted by molar-refractivity contribution is 5.38. The number of nitrogens with zero attached hydrogens (tertiary/aromatic N) is 1. The number of rotatable bonds is 5. The number of hydrogen-bond acceptors (Lipinski definition) is 3. The van der Waals surface area contributed by atoms with E-state index in [0.717, 1.165) is 24.8 Å². The van der Waals surface area contributed by atoms with Gasteiger partial charge in [0.25, 0.3) is 0 Å². The van der Waals surface area contributed by atoms with Gasteiger partial charge in [-0.2, -0.15) is 0 Å². The first-order valence-corrected chi connectivity index (χ1v) is 8.45. The van der Waals surface area contributed by atoms with Crippen molar-refractivity contribution < 1.29 is 4.74 Å². The van der Waals surface area contributed by atoms with Gasteiger partial charge in [-0.25, -0.2) is 0 Å². The maximum absolute atomic E-state index is 6.02. The number of fused-ring (bicyclic) bond motifs is 1. The van der Waals surface area contributed by atoms with E-state index < -0.39 is 0 Å². The molecule has 0 spiro atoms. The number of hydrogen-bond donors (Lipinski definition) is 1. The Morgan fingerprint density at radius 1 is 1.24 bits per heavy atom. The van der Waals surface area contributed by atoms with Crippen molar-refractivity contribution in [2.24, 2.45) is 5.92 Å². The fraction of sp³-hybridized carbons (Fsp3) is 0.667. The Labute approximate surface area is 128 Å². The fourth-order valence-corrected chi connectivity index (χ4v) is 3.93. The van der Waals surface area contributed by atoms with E-state index in [0.29, 0.717) is 12.1 Å². The summed E-state index contributed by atoms with van der Waals surface area (Å²) in [5.74, 6) is 1.93. The lowest BCUT2D eigenvalue weighted by atomic mass is 9.94. The number of benzene rings is 1. The van der Waals surface area contributed by atoms with Crippen LogP contribution in [0, 0.1) is 5.92 Å². The zero-order chi connectivity index (χ0) is 14.7. The Morgan fingerprint density at radius 3 is 2.76 bits per heavy atom. The molecule has 1 fully saturated rings. The van der Waals surface area contributed by atoms with Gasteiger partial charge in [0.2, 0.25) is 0 Å². The van der Waals surface area contributed by atoms with Crippen LogP contribution in [0.3, 0.4) is 0 Å². The summed E-state index contributed by atoms with van der Waals surface area (Å²) in [4.78, 5) is 2.53. The second-order valence-electron chi connectivity index (χ2n) is 6.54. The third-order valence-corrected chi connectivity index (χ3v) is 5.06. The lowest BCUT2D eigenvalue weighted by Gasteiger charge is -2.40. The fourth-order valence-electron chi connectivity index (χ4n) is 3.93. The zero-order valence-corrected chi connectivity index (χ0v) is 13.3. The molecule has 0 aromatic heterocycles. The molecule has 1 aromatic carbocycles. The van der Waals surface area contributed by atoms with Crippen molar-refractivity contribution in [2.45, 2.75) is 44.7 Å². The molecule has 0 saturated heterocycles. The van der Waals surface area contributed by atoms with E-state index in [1.165, 1.54) is 37.8 Å². The van der Waals surface area contributed by atoms with Crippen LogP contribution >= 0.6 is 0 Å². The van der Waals surface area contributed by atoms with E-state index >= 15 is 0 Å². The maximum Gasteiger partial charge on any atom is 0.124 e. The Bertz CT molecular complexity index is 456. The molecule has 3 rings (SSSR count). The Kier molecular flexibility index (Phi) is 4.81. The highest BCUT2D eigenvalue weighted by atomic mass is 16.5. The minimum atomic E-state index is 0.381. The molecule has 0 amide bonds. The standard InChI is InChI=1S/C18H28N2O/c1-3-19-18-15-10-6-7-11-17(15)21-13-16(18)20(2)12-14-8-4-5-9-14/h6-7,10-11,14,16,18-19H,3-5,8-9,12-13H2,1-2H3. The molecule has 2 unspecified atom stereocenters. The molecule has 1 heterocycles. The number of ether oxygens (including phenoxy) is 1. The van der Waals surface area contributed by atoms with Crippen LogP contribution in [0.1, 0.15) is 44.2 Å². The SMILES string of the molecule is CCNC1c2ccccc2OCC1N(C)CC1CCCC1. The quantitative estimate of drug-likeness (QED) is 0.900. The van der Waals surface area contributed by atoms with Crippen molar-refractivity contribution in [3.05, 3.63) is 29.8 Å². The number of nitrogens with one attached hydrogen (secondary N) is 1. The van der Waals surface area contributed by atoms with Crippen molar-refractivity contribution >= 4 is 0 Å². The van der Waals surface area contributed by atoms with E-state index in [1.807, 2.05) is 0 Å². The molecule has 2 aliphatic rings. The van der Waals surface area contributed by atoms with Crippen molar-refractivity contribution in [1.29, 1.82) is 0 Å². The summed E-state index contributed by atoms with van der Waals surface area (Å²) < 4.78 is 6.02. The van der Waals surface area contributed by atoms with Gasteiger partial charge in [-0.1, -0.05) is 38.0 Å². The zero-order valence-electron chi connectivity index (χ0n) is 13.3. The van der Waals surface area contributed by atoms with E-state index in [4.69, 9.17) is 4.74 Å². The number of likely N-dealkylation sites (N-methyl/N-ethyl adjacent to an activating group) is 2. The van der Waals surface area contributed by atoms with Crippen LogP contribution in [0.25, 0.3) is 0 Å². The van der Waals surface area contributed by atoms with Gasteiger partial charge in [-0.3, -0.25) is 4.90 Å². The average molecular weight is 288 g/mol. The van der Waals surface area contributed by atoms with E-state index in [1.54, 1.807) is 0 Å². The first-order valence-electron chi connectivity index (χ1n) is 8.45. The molecule has 3 heteroatoms. The summed E-state index contributed by atoms with van der Waals surface area (Å²) in [7, 11) is 2.27. The van der Waals surface area contributed by atoms with E-state index in [-0.39, 0.29) is 0 Å². The molecule has 0 bridgehead atoms. The van der Waals surface area contributed by atoms with Crippen LogP contribution in [-0.2, 0) is 0 Å². The summed E-state index contributed by atoms with van der Waals surface area (Å²) in [6.45, 7) is 5.18.